The van der Waals surface area contributed by atoms with Gasteiger partial charge in [-0.05, 0) is 15.9 Å². The molecule has 0 saturated carbocycles. The molecule has 0 fully saturated rings. The van der Waals surface area contributed by atoms with Gasteiger partial charge in [-0.3, -0.25) is 0 Å². The summed E-state index contributed by atoms with van der Waals surface area (Å²) in [4.78, 5) is 0. The van der Waals surface area contributed by atoms with Gasteiger partial charge in [-0.25, -0.2) is 0 Å². The second-order valence-electron chi connectivity index (χ2n) is 3.22. The Bertz CT molecular complexity index is 331. The molecule has 1 aromatic carbocycles. The molecule has 1 rings (SSSR count). The van der Waals surface area contributed by atoms with Crippen molar-refractivity contribution in [2.24, 2.45) is 0 Å². The summed E-state index contributed by atoms with van der Waals surface area (Å²) in [7, 11) is 5.29. The molecule has 0 heterocycles. The lowest BCUT2D eigenvalue weighted by Gasteiger charge is -2.13. The van der Waals surface area contributed by atoms with E-state index in [1.54, 1.807) is 14.2 Å². The molecule has 0 N–H and O–H groups in total. The molecule has 0 aliphatic carbocycles. The first-order valence-corrected chi connectivity index (χ1v) is 5.38. The van der Waals surface area contributed by atoms with Crippen LogP contribution in [-0.4, -0.2) is 28.9 Å². The highest BCUT2D eigenvalue weighted by molar-refractivity contribution is 9.10. The van der Waals surface area contributed by atoms with E-state index in [0.717, 1.165) is 15.8 Å². The van der Waals surface area contributed by atoms with Crippen LogP contribution in [0.25, 0.3) is 0 Å². The zero-order chi connectivity index (χ0) is 11.3. The molecular formula is C10H14BBrO3. The van der Waals surface area contributed by atoms with Crippen LogP contribution in [0.3, 0.4) is 0 Å². The first kappa shape index (κ1) is 12.6. The highest BCUT2D eigenvalue weighted by atomic mass is 79.9. The van der Waals surface area contributed by atoms with Crippen molar-refractivity contribution >= 4 is 29.2 Å². The molecule has 15 heavy (non-hydrogen) atoms. The van der Waals surface area contributed by atoms with Gasteiger partial charge in [-0.2, -0.15) is 0 Å². The summed E-state index contributed by atoms with van der Waals surface area (Å²) in [5.41, 5.74) is 2.18. The summed E-state index contributed by atoms with van der Waals surface area (Å²) in [5.74, 6) is 0.782. The lowest BCUT2D eigenvalue weighted by molar-refractivity contribution is 0.0483. The van der Waals surface area contributed by atoms with Gasteiger partial charge >= 0.3 is 0 Å². The minimum atomic E-state index is 0.234. The van der Waals surface area contributed by atoms with Crippen LogP contribution in [0.4, 0.5) is 0 Å². The molecule has 82 valence electrons. The zero-order valence-corrected chi connectivity index (χ0v) is 10.8. The smallest absolute Gasteiger partial charge is 0.188 e. The van der Waals surface area contributed by atoms with Gasteiger partial charge in [0.15, 0.2) is 6.79 Å². The van der Waals surface area contributed by atoms with Crippen molar-refractivity contribution in [1.29, 1.82) is 0 Å². The minimum Gasteiger partial charge on any atom is -0.466 e. The van der Waals surface area contributed by atoms with E-state index in [0.29, 0.717) is 6.61 Å². The van der Waals surface area contributed by atoms with E-state index >= 15 is 0 Å². The second kappa shape index (κ2) is 6.15. The molecule has 5 heteroatoms. The first-order valence-electron chi connectivity index (χ1n) is 4.58. The fraction of sp³-hybridized carbons (Fsp3) is 0.400. The van der Waals surface area contributed by atoms with Gasteiger partial charge < -0.3 is 14.2 Å². The molecule has 0 unspecified atom stereocenters. The lowest BCUT2D eigenvalue weighted by Crippen LogP contribution is -2.09. The van der Waals surface area contributed by atoms with Crippen LogP contribution < -0.4 is 10.2 Å². The van der Waals surface area contributed by atoms with Crippen LogP contribution in [0, 0.1) is 0 Å². The fourth-order valence-corrected chi connectivity index (χ4v) is 2.07. The summed E-state index contributed by atoms with van der Waals surface area (Å²) in [5, 5.41) is 0. The van der Waals surface area contributed by atoms with Crippen LogP contribution in [0.1, 0.15) is 5.56 Å². The van der Waals surface area contributed by atoms with E-state index < -0.39 is 0 Å². The molecule has 0 bridgehead atoms. The average Bonchev–Trinajstić information content (AvgIpc) is 2.17. The largest absolute Gasteiger partial charge is 0.466 e. The predicted octanol–water partition coefficient (Wildman–Crippen LogP) is 0.837. The Morgan fingerprint density at radius 3 is 2.60 bits per heavy atom. The van der Waals surface area contributed by atoms with Crippen molar-refractivity contribution in [2.75, 3.05) is 21.0 Å². The molecule has 1 aromatic rings. The van der Waals surface area contributed by atoms with Crippen molar-refractivity contribution in [3.63, 3.8) is 0 Å². The Morgan fingerprint density at radius 2 is 2.00 bits per heavy atom. The van der Waals surface area contributed by atoms with Gasteiger partial charge in [0.1, 0.15) is 13.6 Å². The van der Waals surface area contributed by atoms with Crippen molar-refractivity contribution in [3.05, 3.63) is 22.2 Å². The van der Waals surface area contributed by atoms with E-state index in [1.165, 1.54) is 5.46 Å². The Hall–Kier alpha value is -0.515. The Morgan fingerprint density at radius 1 is 1.27 bits per heavy atom. The van der Waals surface area contributed by atoms with Crippen molar-refractivity contribution in [3.8, 4) is 5.75 Å². The highest BCUT2D eigenvalue weighted by Gasteiger charge is 2.09. The first-order chi connectivity index (χ1) is 7.19. The molecule has 0 aromatic heterocycles. The summed E-state index contributed by atoms with van der Waals surface area (Å²) in [6.45, 7) is 0.762. The maximum Gasteiger partial charge on any atom is 0.188 e. The number of halogens is 1. The quantitative estimate of drug-likeness (QED) is 0.587. The number of hydrogen-bond donors (Lipinski definition) is 0. The monoisotopic (exact) mass is 272 g/mol. The molecular weight excluding hydrogens is 259 g/mol. The summed E-state index contributed by atoms with van der Waals surface area (Å²) >= 11 is 3.46. The van der Waals surface area contributed by atoms with Crippen molar-refractivity contribution in [1.82, 2.24) is 0 Å². The third-order valence-electron chi connectivity index (χ3n) is 1.89. The van der Waals surface area contributed by atoms with E-state index in [4.69, 9.17) is 14.2 Å². The molecule has 0 spiro atoms. The van der Waals surface area contributed by atoms with Crippen molar-refractivity contribution in [2.45, 2.75) is 6.61 Å². The standard InChI is InChI=1S/C10H14BBrO3/c1-13-5-7-3-8(11)4-9(12)10(7)15-6-14-2/h3-4H,5-6,11H2,1-2H3. The van der Waals surface area contributed by atoms with Gasteiger partial charge in [-0.1, -0.05) is 17.6 Å². The van der Waals surface area contributed by atoms with Crippen LogP contribution in [0.5, 0.6) is 5.75 Å². The van der Waals surface area contributed by atoms with Gasteiger partial charge in [0.05, 0.1) is 11.1 Å². The normalized spacial score (nSPS) is 10.3. The molecule has 0 aliphatic heterocycles. The van der Waals surface area contributed by atoms with Gasteiger partial charge in [0.2, 0.25) is 0 Å². The van der Waals surface area contributed by atoms with E-state index in [2.05, 4.69) is 15.9 Å². The van der Waals surface area contributed by atoms with Crippen molar-refractivity contribution < 1.29 is 14.2 Å². The SMILES string of the molecule is Bc1cc(Br)c(OCOC)c(COC)c1. The third-order valence-corrected chi connectivity index (χ3v) is 2.47. The van der Waals surface area contributed by atoms with Gasteiger partial charge in [0.25, 0.3) is 0 Å². The van der Waals surface area contributed by atoms with Crippen LogP contribution in [0.2, 0.25) is 0 Å². The molecule has 0 amide bonds. The highest BCUT2D eigenvalue weighted by Crippen LogP contribution is 2.28. The number of hydrogen-bond acceptors (Lipinski definition) is 3. The van der Waals surface area contributed by atoms with Crippen LogP contribution in [-0.2, 0) is 16.1 Å². The number of methoxy groups -OCH3 is 2. The molecule has 0 saturated heterocycles. The fourth-order valence-electron chi connectivity index (χ4n) is 1.34. The second-order valence-corrected chi connectivity index (χ2v) is 4.07. The number of rotatable bonds is 5. The lowest BCUT2D eigenvalue weighted by atomic mass is 9.94. The summed E-state index contributed by atoms with van der Waals surface area (Å²) in [6.07, 6.45) is 0. The number of ether oxygens (including phenoxy) is 3. The molecule has 0 radical (unpaired) electrons. The van der Waals surface area contributed by atoms with E-state index in [9.17, 15) is 0 Å². The van der Waals surface area contributed by atoms with E-state index in [1.807, 2.05) is 20.0 Å². The Balaban J connectivity index is 2.97. The Kier molecular flexibility index (Phi) is 5.15. The molecule has 0 atom stereocenters. The van der Waals surface area contributed by atoms with Crippen LogP contribution in [0.15, 0.2) is 16.6 Å². The van der Waals surface area contributed by atoms with E-state index in [-0.39, 0.29) is 6.79 Å². The van der Waals surface area contributed by atoms with Gasteiger partial charge in [-0.15, -0.1) is 0 Å². The van der Waals surface area contributed by atoms with Gasteiger partial charge in [0, 0.05) is 19.8 Å². The zero-order valence-electron chi connectivity index (χ0n) is 9.17. The molecule has 3 nitrogen and oxygen atoms in total. The third kappa shape index (κ3) is 3.52. The van der Waals surface area contributed by atoms with Crippen LogP contribution >= 0.6 is 15.9 Å². The Labute approximate surface area is 99.3 Å². The maximum atomic E-state index is 5.48. The topological polar surface area (TPSA) is 27.7 Å². The number of benzene rings is 1. The minimum absolute atomic E-state index is 0.234. The summed E-state index contributed by atoms with van der Waals surface area (Å²) in [6, 6.07) is 4.05. The maximum absolute atomic E-state index is 5.48. The predicted molar refractivity (Wildman–Crippen MR) is 65.5 cm³/mol. The molecule has 0 aliphatic rings. The average molecular weight is 273 g/mol. The summed E-state index contributed by atoms with van der Waals surface area (Å²) < 4.78 is 16.4.